The van der Waals surface area contributed by atoms with Crippen molar-refractivity contribution < 1.29 is 14.3 Å². The molecule has 0 fully saturated rings. The lowest BCUT2D eigenvalue weighted by Crippen LogP contribution is -2.09. The molecule has 0 N–H and O–H groups in total. The molecule has 1 aliphatic rings. The summed E-state index contributed by atoms with van der Waals surface area (Å²) in [6.45, 7) is 5.91. The van der Waals surface area contributed by atoms with E-state index in [9.17, 15) is 10.1 Å². The topological polar surface area (TPSA) is 72.2 Å². The summed E-state index contributed by atoms with van der Waals surface area (Å²) in [6, 6.07) is 8.46. The third-order valence-corrected chi connectivity index (χ3v) is 3.95. The molecule has 0 saturated carbocycles. The van der Waals surface area contributed by atoms with Gasteiger partial charge in [0.1, 0.15) is 11.6 Å². The Hall–Kier alpha value is -2.87. The van der Waals surface area contributed by atoms with Crippen LogP contribution in [0.2, 0.25) is 0 Å². The number of pyridine rings is 1. The summed E-state index contributed by atoms with van der Waals surface area (Å²) >= 11 is 0. The second-order valence-corrected chi connectivity index (χ2v) is 6.03. The third kappa shape index (κ3) is 3.09. The van der Waals surface area contributed by atoms with Crippen molar-refractivity contribution in [3.8, 4) is 17.8 Å². The van der Waals surface area contributed by atoms with E-state index < -0.39 is 5.97 Å². The van der Waals surface area contributed by atoms with Crippen molar-refractivity contribution in [1.82, 2.24) is 4.98 Å². The fourth-order valence-electron chi connectivity index (χ4n) is 3.15. The van der Waals surface area contributed by atoms with Crippen molar-refractivity contribution in [2.24, 2.45) is 0 Å². The molecule has 122 valence electrons. The van der Waals surface area contributed by atoms with E-state index in [1.165, 1.54) is 18.1 Å². The van der Waals surface area contributed by atoms with Crippen LogP contribution in [0.15, 0.2) is 18.2 Å². The van der Waals surface area contributed by atoms with E-state index >= 15 is 0 Å². The molecule has 0 radical (unpaired) electrons. The number of fused-ring (bicyclic) bond motifs is 1. The Morgan fingerprint density at radius 2 is 2.04 bits per heavy atom. The summed E-state index contributed by atoms with van der Waals surface area (Å²) in [5.74, 6) is -0.0102. The van der Waals surface area contributed by atoms with Gasteiger partial charge in [-0.15, -0.1) is 0 Å². The predicted octanol–water partition coefficient (Wildman–Crippen LogP) is 3.02. The van der Waals surface area contributed by atoms with Gasteiger partial charge in [-0.05, 0) is 31.4 Å². The van der Waals surface area contributed by atoms with Gasteiger partial charge < -0.3 is 9.47 Å². The van der Waals surface area contributed by atoms with Gasteiger partial charge in [0.05, 0.1) is 6.61 Å². The van der Waals surface area contributed by atoms with Crippen molar-refractivity contribution in [3.63, 3.8) is 0 Å². The van der Waals surface area contributed by atoms with Gasteiger partial charge in [0.15, 0.2) is 0 Å². The molecule has 1 aromatic carbocycles. The Bertz CT molecular complexity index is 846. The van der Waals surface area contributed by atoms with E-state index in [2.05, 4.69) is 29.3 Å². The smallest absolute Gasteiger partial charge is 0.309 e. The van der Waals surface area contributed by atoms with Crippen LogP contribution in [0.1, 0.15) is 40.3 Å². The monoisotopic (exact) mass is 322 g/mol. The Morgan fingerprint density at radius 3 is 2.67 bits per heavy atom. The first kappa shape index (κ1) is 16.0. The summed E-state index contributed by atoms with van der Waals surface area (Å²) in [7, 11) is 0. The number of carbonyl (C=O) groups excluding carboxylic acids is 1. The molecule has 1 aromatic heterocycles. The van der Waals surface area contributed by atoms with Gasteiger partial charge in [0, 0.05) is 18.9 Å². The van der Waals surface area contributed by atoms with Crippen LogP contribution in [0.4, 0.5) is 0 Å². The molecule has 3 rings (SSSR count). The van der Waals surface area contributed by atoms with Crippen molar-refractivity contribution in [2.45, 2.75) is 33.6 Å². The first-order valence-electron chi connectivity index (χ1n) is 7.82. The lowest BCUT2D eigenvalue weighted by Gasteiger charge is -2.13. The minimum absolute atomic E-state index is 0.0324. The summed E-state index contributed by atoms with van der Waals surface area (Å²) in [6.07, 6.45) is 1.28. The number of ether oxygens (including phenoxy) is 2. The lowest BCUT2D eigenvalue weighted by molar-refractivity contribution is -0.132. The fraction of sp³-hybridized carbons (Fsp3) is 0.316. The van der Waals surface area contributed by atoms with Crippen molar-refractivity contribution in [2.75, 3.05) is 6.61 Å². The summed E-state index contributed by atoms with van der Waals surface area (Å²) < 4.78 is 10.7. The maximum atomic E-state index is 11.3. The highest BCUT2D eigenvalue weighted by atomic mass is 16.5. The predicted molar refractivity (Wildman–Crippen MR) is 88.2 cm³/mol. The van der Waals surface area contributed by atoms with E-state index in [1.807, 2.05) is 13.8 Å². The number of aromatic nitrogens is 1. The third-order valence-electron chi connectivity index (χ3n) is 3.95. The molecular formula is C19H18N2O3. The highest BCUT2D eigenvalue weighted by Crippen LogP contribution is 2.35. The van der Waals surface area contributed by atoms with Gasteiger partial charge in [0.25, 0.3) is 0 Å². The van der Waals surface area contributed by atoms with Crippen LogP contribution in [0.3, 0.4) is 0 Å². The minimum Gasteiger partial charge on any atom is -0.477 e. The number of nitrogens with zero attached hydrogens (tertiary/aromatic N) is 2. The van der Waals surface area contributed by atoms with E-state index in [0.29, 0.717) is 30.9 Å². The van der Waals surface area contributed by atoms with Gasteiger partial charge in [-0.25, -0.2) is 0 Å². The van der Waals surface area contributed by atoms with Crippen LogP contribution in [-0.4, -0.2) is 17.6 Å². The second kappa shape index (κ2) is 6.32. The van der Waals surface area contributed by atoms with Crippen LogP contribution in [0.25, 0.3) is 0 Å². The zero-order valence-electron chi connectivity index (χ0n) is 14.0. The average molecular weight is 322 g/mol. The molecule has 0 atom stereocenters. The first-order chi connectivity index (χ1) is 11.5. The first-order valence-corrected chi connectivity index (χ1v) is 7.82. The lowest BCUT2D eigenvalue weighted by atomic mass is 9.94. The quantitative estimate of drug-likeness (QED) is 0.812. The summed E-state index contributed by atoms with van der Waals surface area (Å²) in [5, 5.41) is 9.61. The molecular weight excluding hydrogens is 304 g/mol. The Morgan fingerprint density at radius 1 is 1.33 bits per heavy atom. The van der Waals surface area contributed by atoms with Crippen molar-refractivity contribution in [3.05, 3.63) is 51.6 Å². The molecule has 0 amide bonds. The van der Waals surface area contributed by atoms with Gasteiger partial charge in [0.2, 0.25) is 11.8 Å². The van der Waals surface area contributed by atoms with Crippen LogP contribution in [0, 0.1) is 25.2 Å². The molecule has 0 saturated heterocycles. The number of aryl methyl sites for hydroxylation is 2. The maximum Gasteiger partial charge on any atom is 0.309 e. The molecule has 5 nitrogen and oxygen atoms in total. The molecule has 2 heterocycles. The number of carbonyl (C=O) groups is 1. The molecule has 24 heavy (non-hydrogen) atoms. The summed E-state index contributed by atoms with van der Waals surface area (Å²) in [4.78, 5) is 15.5. The number of hydrogen-bond donors (Lipinski definition) is 0. The number of esters is 1. The van der Waals surface area contributed by atoms with Gasteiger partial charge in [-0.1, -0.05) is 29.3 Å². The highest BCUT2D eigenvalue weighted by Gasteiger charge is 2.26. The largest absolute Gasteiger partial charge is 0.477 e. The van der Waals surface area contributed by atoms with Crippen LogP contribution < -0.4 is 9.47 Å². The molecule has 0 spiro atoms. The second-order valence-electron chi connectivity index (χ2n) is 6.03. The molecule has 5 heteroatoms. The van der Waals surface area contributed by atoms with E-state index in [-0.39, 0.29) is 5.88 Å². The Balaban J connectivity index is 2.13. The molecule has 0 unspecified atom stereocenters. The zero-order valence-corrected chi connectivity index (χ0v) is 14.0. The zero-order chi connectivity index (χ0) is 17.3. The van der Waals surface area contributed by atoms with Crippen molar-refractivity contribution in [1.29, 1.82) is 5.26 Å². The molecule has 1 aliphatic heterocycles. The Kier molecular flexibility index (Phi) is 4.22. The molecule has 2 aromatic rings. The fourth-order valence-corrected chi connectivity index (χ4v) is 3.15. The van der Waals surface area contributed by atoms with Crippen LogP contribution >= 0.6 is 0 Å². The van der Waals surface area contributed by atoms with Crippen LogP contribution in [-0.2, 0) is 17.6 Å². The number of hydrogen-bond acceptors (Lipinski definition) is 5. The number of benzene rings is 1. The molecule has 0 aliphatic carbocycles. The minimum atomic E-state index is -0.505. The molecule has 0 bridgehead atoms. The highest BCUT2D eigenvalue weighted by molar-refractivity contribution is 5.70. The van der Waals surface area contributed by atoms with Crippen molar-refractivity contribution >= 4 is 5.97 Å². The SMILES string of the molecule is CC(=O)Oc1nc2c(c(Cc3cc(C)cc(C)c3)c1C#N)CCO2. The van der Waals surface area contributed by atoms with Gasteiger partial charge in [-0.3, -0.25) is 4.79 Å². The van der Waals surface area contributed by atoms with E-state index in [1.54, 1.807) is 0 Å². The van der Waals surface area contributed by atoms with Crippen LogP contribution in [0.5, 0.6) is 11.8 Å². The number of nitriles is 1. The van der Waals surface area contributed by atoms with E-state index in [4.69, 9.17) is 9.47 Å². The van der Waals surface area contributed by atoms with E-state index in [0.717, 1.165) is 16.7 Å². The normalized spacial score (nSPS) is 12.2. The average Bonchev–Trinajstić information content (AvgIpc) is 2.94. The standard InChI is InChI=1S/C19H18N2O3/c1-11-6-12(2)8-14(7-11)9-16-15-4-5-23-18(15)21-19(17(16)10-20)24-13(3)22/h6-8H,4-5,9H2,1-3H3. The summed E-state index contributed by atoms with van der Waals surface area (Å²) in [5.41, 5.74) is 5.53. The maximum absolute atomic E-state index is 11.3. The van der Waals surface area contributed by atoms with Gasteiger partial charge >= 0.3 is 5.97 Å². The number of rotatable bonds is 3. The van der Waals surface area contributed by atoms with Gasteiger partial charge in [-0.2, -0.15) is 10.2 Å². The Labute approximate surface area is 140 Å².